The Hall–Kier alpha value is -3.10. The van der Waals surface area contributed by atoms with Crippen molar-refractivity contribution in [2.24, 2.45) is 23.1 Å². The summed E-state index contributed by atoms with van der Waals surface area (Å²) in [5.41, 5.74) is 18.2. The number of fused-ring (bicyclic) bond motifs is 1. The highest BCUT2D eigenvalue weighted by Crippen LogP contribution is 2.53. The minimum atomic E-state index is -4.52. The third-order valence-electron chi connectivity index (χ3n) is 7.10. The lowest BCUT2D eigenvalue weighted by molar-refractivity contribution is -0.177. The molecule has 3 heterocycles. The number of nitrogens with two attached hydrogens (primary N) is 3. The standard InChI is InChI=1S/C24H25F5N6O2S/c25-13-2-1-3-14(26)17(13)23-35(20(21(31)37)22(32)38-23)15-7-33-18-12(4-5-16(18)36)19(15)34-8-10(24(27,28)29)6-11(30)9-34/h1-3,7,10-11,16,23,36H,4-6,8-9,30,32H2,(H2,31,37)/t10-,11+,16+,23?/m1/s1. The molecule has 0 bridgehead atoms. The monoisotopic (exact) mass is 556 g/mol. The van der Waals surface area contributed by atoms with Crippen LogP contribution in [0.5, 0.6) is 0 Å². The molecule has 4 atom stereocenters. The molecule has 204 valence electrons. The number of alkyl halides is 3. The van der Waals surface area contributed by atoms with Crippen molar-refractivity contribution in [3.05, 3.63) is 63.6 Å². The molecular formula is C24H25F5N6O2S. The van der Waals surface area contributed by atoms with Crippen LogP contribution in [-0.4, -0.2) is 41.3 Å². The number of aromatic nitrogens is 1. The molecule has 1 amide bonds. The summed E-state index contributed by atoms with van der Waals surface area (Å²) in [5, 5.41) is 9.11. The zero-order valence-electron chi connectivity index (χ0n) is 19.9. The molecule has 1 saturated heterocycles. The first kappa shape index (κ1) is 26.5. The molecule has 5 rings (SSSR count). The number of rotatable bonds is 4. The van der Waals surface area contributed by atoms with E-state index in [1.54, 1.807) is 0 Å². The molecule has 0 spiro atoms. The molecule has 8 nitrogen and oxygen atoms in total. The fraction of sp³-hybridized carbons (Fsp3) is 0.417. The lowest BCUT2D eigenvalue weighted by Gasteiger charge is -2.41. The van der Waals surface area contributed by atoms with Crippen LogP contribution in [0, 0.1) is 17.6 Å². The molecule has 3 aliphatic rings. The molecular weight excluding hydrogens is 531 g/mol. The van der Waals surface area contributed by atoms with Gasteiger partial charge in [0, 0.05) is 24.7 Å². The van der Waals surface area contributed by atoms with Gasteiger partial charge in [0.1, 0.15) is 22.7 Å². The van der Waals surface area contributed by atoms with Gasteiger partial charge in [-0.3, -0.25) is 9.78 Å². The Labute approximate surface area is 218 Å². The average molecular weight is 557 g/mol. The number of anilines is 2. The number of benzene rings is 1. The van der Waals surface area contributed by atoms with Gasteiger partial charge in [-0.05, 0) is 31.4 Å². The Morgan fingerprint density at radius 3 is 2.50 bits per heavy atom. The van der Waals surface area contributed by atoms with Crippen LogP contribution in [0.3, 0.4) is 0 Å². The number of aliphatic hydroxyl groups excluding tert-OH is 1. The fourth-order valence-electron chi connectivity index (χ4n) is 5.47. The number of aliphatic hydroxyl groups is 1. The third kappa shape index (κ3) is 4.43. The van der Waals surface area contributed by atoms with E-state index in [4.69, 9.17) is 17.2 Å². The molecule has 2 aliphatic heterocycles. The quantitative estimate of drug-likeness (QED) is 0.423. The van der Waals surface area contributed by atoms with Crippen molar-refractivity contribution in [1.82, 2.24) is 4.98 Å². The maximum Gasteiger partial charge on any atom is 0.393 e. The van der Waals surface area contributed by atoms with E-state index in [1.807, 2.05) is 0 Å². The Balaban J connectivity index is 1.73. The van der Waals surface area contributed by atoms with Crippen LogP contribution in [0.25, 0.3) is 0 Å². The molecule has 1 aromatic heterocycles. The van der Waals surface area contributed by atoms with Crippen molar-refractivity contribution in [3.63, 3.8) is 0 Å². The summed E-state index contributed by atoms with van der Waals surface area (Å²) in [5.74, 6) is -4.55. The number of hydrogen-bond acceptors (Lipinski definition) is 8. The highest BCUT2D eigenvalue weighted by atomic mass is 32.2. The molecule has 1 aliphatic carbocycles. The zero-order chi connectivity index (χ0) is 27.5. The summed E-state index contributed by atoms with van der Waals surface area (Å²) in [6.45, 7) is -0.404. The molecule has 14 heteroatoms. The summed E-state index contributed by atoms with van der Waals surface area (Å²) in [6, 6.07) is 2.44. The maximum atomic E-state index is 15.0. The second-order valence-electron chi connectivity index (χ2n) is 9.60. The highest BCUT2D eigenvalue weighted by Gasteiger charge is 2.47. The topological polar surface area (TPSA) is 135 Å². The number of piperidine rings is 1. The lowest BCUT2D eigenvalue weighted by atomic mass is 9.92. The average Bonchev–Trinajstić information content (AvgIpc) is 3.37. The third-order valence-corrected chi connectivity index (χ3v) is 8.21. The summed E-state index contributed by atoms with van der Waals surface area (Å²) >= 11 is 0.783. The Bertz CT molecular complexity index is 1300. The van der Waals surface area contributed by atoms with Gasteiger partial charge in [0.05, 0.1) is 45.9 Å². The van der Waals surface area contributed by atoms with Crippen molar-refractivity contribution in [1.29, 1.82) is 0 Å². The van der Waals surface area contributed by atoms with E-state index < -0.39 is 59.3 Å². The summed E-state index contributed by atoms with van der Waals surface area (Å²) < 4.78 is 71.3. The highest BCUT2D eigenvalue weighted by molar-refractivity contribution is 8.03. The summed E-state index contributed by atoms with van der Waals surface area (Å²) in [7, 11) is 0. The summed E-state index contributed by atoms with van der Waals surface area (Å²) in [4.78, 5) is 19.6. The van der Waals surface area contributed by atoms with Gasteiger partial charge in [0.2, 0.25) is 0 Å². The number of hydrogen-bond donors (Lipinski definition) is 4. The van der Waals surface area contributed by atoms with Crippen molar-refractivity contribution in [3.8, 4) is 0 Å². The van der Waals surface area contributed by atoms with Gasteiger partial charge >= 0.3 is 6.18 Å². The van der Waals surface area contributed by atoms with E-state index in [0.717, 1.165) is 23.9 Å². The molecule has 2 aromatic rings. The molecule has 1 fully saturated rings. The van der Waals surface area contributed by atoms with Gasteiger partial charge < -0.3 is 32.1 Å². The number of carbonyl (C=O) groups is 1. The number of thioether (sulfide) groups is 1. The van der Waals surface area contributed by atoms with Gasteiger partial charge in [-0.1, -0.05) is 17.8 Å². The van der Waals surface area contributed by atoms with Crippen LogP contribution in [0.1, 0.15) is 41.1 Å². The van der Waals surface area contributed by atoms with Gasteiger partial charge in [-0.25, -0.2) is 8.78 Å². The number of carbonyl (C=O) groups excluding carboxylic acids is 1. The van der Waals surface area contributed by atoms with Gasteiger partial charge in [0.25, 0.3) is 5.91 Å². The van der Waals surface area contributed by atoms with E-state index in [9.17, 15) is 31.9 Å². The second kappa shape index (κ2) is 9.58. The number of amides is 1. The van der Waals surface area contributed by atoms with E-state index in [2.05, 4.69) is 4.98 Å². The van der Waals surface area contributed by atoms with E-state index in [0.29, 0.717) is 5.56 Å². The molecule has 0 radical (unpaired) electrons. The number of halogens is 5. The largest absolute Gasteiger partial charge is 0.393 e. The predicted octanol–water partition coefficient (Wildman–Crippen LogP) is 2.92. The van der Waals surface area contributed by atoms with Crippen molar-refractivity contribution in [2.75, 3.05) is 22.9 Å². The molecule has 38 heavy (non-hydrogen) atoms. The van der Waals surface area contributed by atoms with Crippen molar-refractivity contribution < 1.29 is 31.9 Å². The first-order chi connectivity index (χ1) is 17.9. The first-order valence-corrected chi connectivity index (χ1v) is 12.7. The van der Waals surface area contributed by atoms with E-state index in [1.165, 1.54) is 22.1 Å². The number of primary amides is 1. The minimum absolute atomic E-state index is 0.0386. The zero-order valence-corrected chi connectivity index (χ0v) is 20.7. The SMILES string of the molecule is NC(=O)C1=C(N)SC(c2c(F)cccc2F)N1c1cnc2c(c1N1C[C@@H](N)C[C@@H](C(F)(F)F)C1)CC[C@@H]2O. The smallest absolute Gasteiger partial charge is 0.392 e. The molecule has 1 aromatic carbocycles. The van der Waals surface area contributed by atoms with Crippen LogP contribution >= 0.6 is 11.8 Å². The Morgan fingerprint density at radius 1 is 1.18 bits per heavy atom. The van der Waals surface area contributed by atoms with E-state index >= 15 is 0 Å². The lowest BCUT2D eigenvalue weighted by Crippen LogP contribution is -2.51. The molecule has 7 N–H and O–H groups in total. The first-order valence-electron chi connectivity index (χ1n) is 11.8. The van der Waals surface area contributed by atoms with Crippen LogP contribution < -0.4 is 27.0 Å². The molecule has 0 saturated carbocycles. The van der Waals surface area contributed by atoms with Crippen LogP contribution in [0.15, 0.2) is 35.1 Å². The normalized spacial score (nSPS) is 25.8. The van der Waals surface area contributed by atoms with Gasteiger partial charge in [0.15, 0.2) is 0 Å². The van der Waals surface area contributed by atoms with Crippen molar-refractivity contribution in [2.45, 2.75) is 43.0 Å². The second-order valence-corrected chi connectivity index (χ2v) is 10.7. The fourth-order valence-corrected chi connectivity index (χ4v) is 6.69. The summed E-state index contributed by atoms with van der Waals surface area (Å²) in [6.07, 6.45) is -3.91. The van der Waals surface area contributed by atoms with Crippen molar-refractivity contribution >= 4 is 29.0 Å². The minimum Gasteiger partial charge on any atom is -0.392 e. The Kier molecular flexibility index (Phi) is 6.68. The number of pyridine rings is 1. The van der Waals surface area contributed by atoms with E-state index in [-0.39, 0.29) is 53.6 Å². The van der Waals surface area contributed by atoms with Crippen LogP contribution in [-0.2, 0) is 11.2 Å². The molecule has 1 unspecified atom stereocenters. The predicted molar refractivity (Wildman–Crippen MR) is 131 cm³/mol. The van der Waals surface area contributed by atoms with Gasteiger partial charge in [-0.15, -0.1) is 0 Å². The maximum absolute atomic E-state index is 15.0. The van der Waals surface area contributed by atoms with Crippen LogP contribution in [0.4, 0.5) is 33.3 Å². The number of nitrogens with zero attached hydrogens (tertiary/aromatic N) is 3. The Morgan fingerprint density at radius 2 is 1.87 bits per heavy atom. The van der Waals surface area contributed by atoms with Gasteiger partial charge in [-0.2, -0.15) is 13.2 Å². The van der Waals surface area contributed by atoms with Crippen LogP contribution in [0.2, 0.25) is 0 Å².